The maximum absolute atomic E-state index is 11.6. The Bertz CT molecular complexity index is 1730. The summed E-state index contributed by atoms with van der Waals surface area (Å²) in [5.41, 5.74) is 6.30. The Morgan fingerprint density at radius 2 is 1.58 bits per heavy atom. The van der Waals surface area contributed by atoms with E-state index in [2.05, 4.69) is 26.7 Å². The Morgan fingerprint density at radius 3 is 2.21 bits per heavy atom. The summed E-state index contributed by atoms with van der Waals surface area (Å²) in [5, 5.41) is 7.55. The van der Waals surface area contributed by atoms with Crippen LogP contribution in [0.5, 0.6) is 11.8 Å². The van der Waals surface area contributed by atoms with Crippen LogP contribution in [-0.4, -0.2) is 54.0 Å². The van der Waals surface area contributed by atoms with Gasteiger partial charge in [-0.05, 0) is 30.9 Å². The number of hydrogen-bond acceptors (Lipinski definition) is 8. The smallest absolute Gasteiger partial charge is 0.243 e. The number of nitrogens with one attached hydrogen (secondary N) is 2. The molecule has 2 N–H and O–H groups in total. The minimum absolute atomic E-state index is 0.0923. The fourth-order valence-corrected chi connectivity index (χ4v) is 6.49. The van der Waals surface area contributed by atoms with E-state index in [0.717, 1.165) is 41.5 Å². The number of rotatable bonds is 9. The number of pyridine rings is 1. The third kappa shape index (κ3) is 5.56. The van der Waals surface area contributed by atoms with Gasteiger partial charge >= 0.3 is 0 Å². The van der Waals surface area contributed by atoms with E-state index in [4.69, 9.17) is 37.7 Å². The highest BCUT2D eigenvalue weighted by Gasteiger charge is 2.30. The normalized spacial score (nSPS) is 17.4. The van der Waals surface area contributed by atoms with Crippen LogP contribution in [0.1, 0.15) is 46.9 Å². The van der Waals surface area contributed by atoms with Crippen molar-refractivity contribution in [3.63, 3.8) is 0 Å². The summed E-state index contributed by atoms with van der Waals surface area (Å²) in [4.78, 5) is 36.4. The van der Waals surface area contributed by atoms with Crippen molar-refractivity contribution in [1.82, 2.24) is 25.6 Å². The van der Waals surface area contributed by atoms with Crippen LogP contribution in [0.4, 0.5) is 0 Å². The number of ether oxygens (including phenoxy) is 2. The maximum atomic E-state index is 11.6. The molecule has 0 saturated carbocycles. The number of methoxy groups -OCH3 is 2. The molecule has 1 saturated heterocycles. The molecule has 1 amide bonds. The molecule has 2 aromatic carbocycles. The molecule has 43 heavy (non-hydrogen) atoms. The zero-order valence-corrected chi connectivity index (χ0v) is 25.1. The molecule has 2 aliphatic rings. The van der Waals surface area contributed by atoms with E-state index in [0.29, 0.717) is 57.7 Å². The Balaban J connectivity index is 1.33. The van der Waals surface area contributed by atoms with Crippen LogP contribution in [0.25, 0.3) is 33.6 Å². The second kappa shape index (κ2) is 12.3. The van der Waals surface area contributed by atoms with Crippen LogP contribution >= 0.6 is 23.2 Å². The molecule has 3 heterocycles. The number of aromatic nitrogens is 3. The quantitative estimate of drug-likeness (QED) is 0.224. The summed E-state index contributed by atoms with van der Waals surface area (Å²) in [5.74, 6) is 0.788. The zero-order valence-electron chi connectivity index (χ0n) is 23.6. The molecule has 9 nitrogen and oxygen atoms in total. The number of benzene rings is 2. The molecular weight excluding hydrogens is 589 g/mol. The minimum Gasteiger partial charge on any atom is -0.481 e. The van der Waals surface area contributed by atoms with Crippen molar-refractivity contribution in [2.75, 3.05) is 20.8 Å². The summed E-state index contributed by atoms with van der Waals surface area (Å²) in [6, 6.07) is 13.7. The number of aryl methyl sites for hydroxylation is 1. The number of amides is 1. The minimum atomic E-state index is 0.0923. The second-order valence-corrected chi connectivity index (χ2v) is 11.2. The lowest BCUT2D eigenvalue weighted by molar-refractivity contribution is -0.119. The van der Waals surface area contributed by atoms with Crippen molar-refractivity contribution in [1.29, 1.82) is 0 Å². The molecular formula is C32H29Cl2N5O4. The highest BCUT2D eigenvalue weighted by atomic mass is 35.5. The topological polar surface area (TPSA) is 115 Å². The Kier molecular flexibility index (Phi) is 8.30. The molecule has 0 radical (unpaired) electrons. The van der Waals surface area contributed by atoms with Crippen molar-refractivity contribution in [2.45, 2.75) is 37.8 Å². The van der Waals surface area contributed by atoms with Gasteiger partial charge in [0.2, 0.25) is 17.7 Å². The molecule has 1 aliphatic carbocycles. The molecule has 0 unspecified atom stereocenters. The first-order valence-corrected chi connectivity index (χ1v) is 14.7. The van der Waals surface area contributed by atoms with Gasteiger partial charge in [-0.15, -0.1) is 0 Å². The lowest BCUT2D eigenvalue weighted by atomic mass is 9.97. The lowest BCUT2D eigenvalue weighted by Gasteiger charge is -2.20. The molecule has 2 atom stereocenters. The largest absolute Gasteiger partial charge is 0.481 e. The van der Waals surface area contributed by atoms with Gasteiger partial charge in [0.05, 0.1) is 41.8 Å². The van der Waals surface area contributed by atoms with Gasteiger partial charge in [-0.3, -0.25) is 9.59 Å². The molecule has 1 fully saturated rings. The molecule has 2 aromatic heterocycles. The third-order valence-electron chi connectivity index (χ3n) is 7.96. The number of nitrogens with zero attached hydrogens (tertiary/aromatic N) is 3. The second-order valence-electron chi connectivity index (χ2n) is 10.5. The van der Waals surface area contributed by atoms with E-state index in [1.165, 1.54) is 13.3 Å². The Labute approximate surface area is 259 Å². The third-order valence-corrected chi connectivity index (χ3v) is 8.78. The van der Waals surface area contributed by atoms with Gasteiger partial charge in [-0.1, -0.05) is 59.6 Å². The summed E-state index contributed by atoms with van der Waals surface area (Å²) in [6.07, 6.45) is 5.28. The first kappa shape index (κ1) is 29.0. The number of aldehydes is 1. The van der Waals surface area contributed by atoms with Crippen molar-refractivity contribution < 1.29 is 19.1 Å². The van der Waals surface area contributed by atoms with E-state index in [9.17, 15) is 9.59 Å². The van der Waals surface area contributed by atoms with Crippen LogP contribution in [0.15, 0.2) is 48.7 Å². The van der Waals surface area contributed by atoms with E-state index in [1.54, 1.807) is 7.11 Å². The predicted molar refractivity (Wildman–Crippen MR) is 165 cm³/mol. The van der Waals surface area contributed by atoms with Crippen molar-refractivity contribution in [3.05, 3.63) is 75.5 Å². The first-order valence-electron chi connectivity index (χ1n) is 14.0. The summed E-state index contributed by atoms with van der Waals surface area (Å²) in [7, 11) is 3.06. The number of halogens is 2. The molecule has 11 heteroatoms. The van der Waals surface area contributed by atoms with E-state index >= 15 is 0 Å². The van der Waals surface area contributed by atoms with Crippen molar-refractivity contribution >= 4 is 35.4 Å². The standard InChI is InChI=1S/C32H29Cl2N5O4/c1-42-31-26(16-40)36-15-25(39-31)22-8-4-6-20(30(22)34)19-5-3-7-21(29(19)33)24-13-17-9-11-23(28(17)32(38-24)43-2)35-14-18-10-12-27(41)37-18/h3-8,13,15-16,18,23,35H,9-12,14H2,1-2H3,(H,37,41)/t18-,23-/m0/s1. The van der Waals surface area contributed by atoms with Gasteiger partial charge in [-0.2, -0.15) is 0 Å². The summed E-state index contributed by atoms with van der Waals surface area (Å²) >= 11 is 14.0. The van der Waals surface area contributed by atoms with Gasteiger partial charge in [0.15, 0.2) is 12.0 Å². The molecule has 0 bridgehead atoms. The van der Waals surface area contributed by atoms with Gasteiger partial charge in [0, 0.05) is 52.9 Å². The van der Waals surface area contributed by atoms with Crippen LogP contribution < -0.4 is 20.1 Å². The maximum Gasteiger partial charge on any atom is 0.243 e. The zero-order chi connectivity index (χ0) is 30.1. The number of hydrogen-bond donors (Lipinski definition) is 2. The van der Waals surface area contributed by atoms with Crippen molar-refractivity contribution in [3.8, 4) is 45.4 Å². The molecule has 220 valence electrons. The average molecular weight is 619 g/mol. The SMILES string of the molecule is COc1nc(-c2cccc(-c3cccc(-c4cc5c(c(OC)n4)[C@@H](NC[C@@H]4CCC(=O)N4)CC5)c3Cl)c2Cl)cnc1C=O. The molecule has 1 aliphatic heterocycles. The summed E-state index contributed by atoms with van der Waals surface area (Å²) in [6.45, 7) is 0.702. The monoisotopic (exact) mass is 617 g/mol. The van der Waals surface area contributed by atoms with E-state index in [1.807, 2.05) is 36.4 Å². The molecule has 4 aromatic rings. The van der Waals surface area contributed by atoms with Crippen LogP contribution in [-0.2, 0) is 11.2 Å². The van der Waals surface area contributed by atoms with Crippen LogP contribution in [0.3, 0.4) is 0 Å². The number of carbonyl (C=O) groups excluding carboxylic acids is 2. The van der Waals surface area contributed by atoms with Crippen LogP contribution in [0, 0.1) is 0 Å². The van der Waals surface area contributed by atoms with E-state index in [-0.39, 0.29) is 29.6 Å². The Morgan fingerprint density at radius 1 is 0.930 bits per heavy atom. The van der Waals surface area contributed by atoms with Gasteiger partial charge in [-0.25, -0.2) is 15.0 Å². The lowest BCUT2D eigenvalue weighted by Crippen LogP contribution is -2.36. The molecule has 0 spiro atoms. The fourth-order valence-electron chi connectivity index (χ4n) is 5.84. The van der Waals surface area contributed by atoms with Gasteiger partial charge in [0.25, 0.3) is 0 Å². The highest BCUT2D eigenvalue weighted by molar-refractivity contribution is 6.39. The number of fused-ring (bicyclic) bond motifs is 1. The first-order chi connectivity index (χ1) is 20.9. The Hall–Kier alpha value is -4.05. The van der Waals surface area contributed by atoms with Crippen molar-refractivity contribution in [2.24, 2.45) is 0 Å². The number of carbonyl (C=O) groups is 2. The van der Waals surface area contributed by atoms with Gasteiger partial charge in [0.1, 0.15) is 0 Å². The fraction of sp³-hybridized carbons (Fsp3) is 0.281. The highest BCUT2D eigenvalue weighted by Crippen LogP contribution is 2.44. The average Bonchev–Trinajstić information content (AvgIpc) is 3.65. The predicted octanol–water partition coefficient (Wildman–Crippen LogP) is 5.86. The van der Waals surface area contributed by atoms with Crippen LogP contribution in [0.2, 0.25) is 10.0 Å². The summed E-state index contributed by atoms with van der Waals surface area (Å²) < 4.78 is 11.0. The van der Waals surface area contributed by atoms with E-state index < -0.39 is 0 Å². The molecule has 6 rings (SSSR count). The van der Waals surface area contributed by atoms with Gasteiger partial charge < -0.3 is 20.1 Å².